The maximum Gasteiger partial charge on any atom is 0.208 e. The largest absolute Gasteiger partial charge is 0.504 e. The van der Waals surface area contributed by atoms with Crippen LogP contribution in [0.4, 0.5) is 0 Å². The van der Waals surface area contributed by atoms with Crippen molar-refractivity contribution in [1.82, 2.24) is 0 Å². The van der Waals surface area contributed by atoms with Crippen LogP contribution >= 0.6 is 0 Å². The Bertz CT molecular complexity index is 590. The van der Waals surface area contributed by atoms with Crippen LogP contribution in [0, 0.1) is 6.92 Å². The zero-order chi connectivity index (χ0) is 13.4. The summed E-state index contributed by atoms with van der Waals surface area (Å²) in [5, 5.41) is 47.7. The van der Waals surface area contributed by atoms with Crippen molar-refractivity contribution in [1.29, 1.82) is 0 Å². The lowest BCUT2D eigenvalue weighted by molar-refractivity contribution is 0.330. The number of aryl methyl sites for hydroxylation is 1. The minimum Gasteiger partial charge on any atom is -0.504 e. The first-order valence-corrected chi connectivity index (χ1v) is 5.19. The first-order chi connectivity index (χ1) is 8.43. The van der Waals surface area contributed by atoms with E-state index in [1.165, 1.54) is 0 Å². The molecule has 0 fully saturated rings. The van der Waals surface area contributed by atoms with E-state index >= 15 is 0 Å². The fourth-order valence-electron chi connectivity index (χ4n) is 1.76. The average Bonchev–Trinajstić information content (AvgIpc) is 2.34. The Balaban J connectivity index is 2.80. The molecule has 0 radical (unpaired) electrons. The summed E-state index contributed by atoms with van der Waals surface area (Å²) in [6.07, 6.45) is 0. The predicted molar refractivity (Wildman–Crippen MR) is 64.9 cm³/mol. The highest BCUT2D eigenvalue weighted by Gasteiger charge is 2.23. The van der Waals surface area contributed by atoms with E-state index in [1.807, 2.05) is 13.0 Å². The number of hydrogen-bond acceptors (Lipinski definition) is 5. The molecule has 0 aliphatic rings. The molecule has 0 aromatic heterocycles. The van der Waals surface area contributed by atoms with Crippen molar-refractivity contribution >= 4 is 0 Å². The summed E-state index contributed by atoms with van der Waals surface area (Å²) in [6, 6.07) is 6.77. The van der Waals surface area contributed by atoms with Gasteiger partial charge >= 0.3 is 0 Å². The highest BCUT2D eigenvalue weighted by molar-refractivity contribution is 5.85. The molecule has 0 saturated carbocycles. The quantitative estimate of drug-likeness (QED) is 0.393. The first-order valence-electron chi connectivity index (χ1n) is 5.19. The van der Waals surface area contributed by atoms with Crippen molar-refractivity contribution in [2.24, 2.45) is 0 Å². The van der Waals surface area contributed by atoms with Crippen LogP contribution in [0.2, 0.25) is 0 Å². The minimum absolute atomic E-state index is 0.133. The van der Waals surface area contributed by atoms with E-state index in [9.17, 15) is 25.5 Å². The predicted octanol–water partition coefficient (Wildman–Crippen LogP) is 2.19. The molecule has 18 heavy (non-hydrogen) atoms. The van der Waals surface area contributed by atoms with Crippen molar-refractivity contribution < 1.29 is 25.5 Å². The molecule has 0 spiro atoms. The van der Waals surface area contributed by atoms with Crippen LogP contribution in [0.5, 0.6) is 28.7 Å². The number of hydrogen-bond donors (Lipinski definition) is 5. The van der Waals surface area contributed by atoms with Gasteiger partial charge in [-0.05, 0) is 12.5 Å². The molecule has 0 amide bonds. The second kappa shape index (κ2) is 4.03. The summed E-state index contributed by atoms with van der Waals surface area (Å²) >= 11 is 0. The highest BCUT2D eigenvalue weighted by atomic mass is 16.4. The Morgan fingerprint density at radius 3 is 1.72 bits per heavy atom. The molecule has 0 unspecified atom stereocenters. The van der Waals surface area contributed by atoms with Crippen LogP contribution in [0.3, 0.4) is 0 Å². The second-order valence-corrected chi connectivity index (χ2v) is 3.99. The molecule has 2 rings (SSSR count). The van der Waals surface area contributed by atoms with Crippen LogP contribution in [0.1, 0.15) is 5.56 Å². The first kappa shape index (κ1) is 11.9. The van der Waals surface area contributed by atoms with Crippen molar-refractivity contribution in [3.05, 3.63) is 29.8 Å². The van der Waals surface area contributed by atoms with Crippen LogP contribution in [-0.4, -0.2) is 25.5 Å². The van der Waals surface area contributed by atoms with Gasteiger partial charge in [-0.15, -0.1) is 0 Å². The molecule has 0 atom stereocenters. The SMILES string of the molecule is Cc1cccc(-c2c(O)c(O)c(O)c(O)c2O)c1. The van der Waals surface area contributed by atoms with Gasteiger partial charge in [0.05, 0.1) is 5.56 Å². The fraction of sp³-hybridized carbons (Fsp3) is 0.0769. The standard InChI is InChI=1S/C13H12O5/c1-6-3-2-4-7(5-6)8-9(14)11(16)13(18)12(17)10(8)15/h2-5,14-18H,1H3. The van der Waals surface area contributed by atoms with E-state index in [1.54, 1.807) is 18.2 Å². The Kier molecular flexibility index (Phi) is 2.67. The Morgan fingerprint density at radius 1 is 0.722 bits per heavy atom. The summed E-state index contributed by atoms with van der Waals surface area (Å²) in [7, 11) is 0. The summed E-state index contributed by atoms with van der Waals surface area (Å²) < 4.78 is 0. The van der Waals surface area contributed by atoms with Gasteiger partial charge in [0.25, 0.3) is 0 Å². The summed E-state index contributed by atoms with van der Waals surface area (Å²) in [6.45, 7) is 1.82. The summed E-state index contributed by atoms with van der Waals surface area (Å²) in [5.41, 5.74) is 1.15. The van der Waals surface area contributed by atoms with Crippen molar-refractivity contribution in [3.8, 4) is 39.9 Å². The van der Waals surface area contributed by atoms with Crippen LogP contribution in [0.25, 0.3) is 11.1 Å². The molecule has 0 aliphatic carbocycles. The van der Waals surface area contributed by atoms with Gasteiger partial charge < -0.3 is 25.5 Å². The molecule has 2 aromatic carbocycles. The van der Waals surface area contributed by atoms with E-state index < -0.39 is 28.7 Å². The van der Waals surface area contributed by atoms with Gasteiger partial charge in [0.2, 0.25) is 17.2 Å². The molecule has 5 N–H and O–H groups in total. The number of phenols is 5. The molecule has 94 valence electrons. The molecular weight excluding hydrogens is 236 g/mol. The van der Waals surface area contributed by atoms with Gasteiger partial charge in [0, 0.05) is 0 Å². The van der Waals surface area contributed by atoms with Gasteiger partial charge in [-0.1, -0.05) is 29.8 Å². The smallest absolute Gasteiger partial charge is 0.208 e. The normalized spacial score (nSPS) is 10.5. The maximum absolute atomic E-state index is 9.75. The van der Waals surface area contributed by atoms with Crippen LogP contribution < -0.4 is 0 Å². The zero-order valence-corrected chi connectivity index (χ0v) is 9.55. The van der Waals surface area contributed by atoms with Gasteiger partial charge in [-0.25, -0.2) is 0 Å². The summed E-state index contributed by atoms with van der Waals surface area (Å²) in [4.78, 5) is 0. The molecule has 0 bridgehead atoms. The number of phenolic OH excluding ortho intramolecular Hbond substituents is 5. The second-order valence-electron chi connectivity index (χ2n) is 3.99. The van der Waals surface area contributed by atoms with Crippen molar-refractivity contribution in [2.75, 3.05) is 0 Å². The van der Waals surface area contributed by atoms with Crippen molar-refractivity contribution in [3.63, 3.8) is 0 Å². The highest BCUT2D eigenvalue weighted by Crippen LogP contribution is 2.54. The lowest BCUT2D eigenvalue weighted by atomic mass is 10.00. The Hall–Kier alpha value is -2.56. The van der Waals surface area contributed by atoms with E-state index in [0.717, 1.165) is 5.56 Å². The third kappa shape index (κ3) is 1.66. The topological polar surface area (TPSA) is 101 Å². The molecule has 5 heteroatoms. The van der Waals surface area contributed by atoms with E-state index in [2.05, 4.69) is 0 Å². The zero-order valence-electron chi connectivity index (χ0n) is 9.55. The molecule has 0 heterocycles. The molecular formula is C13H12O5. The number of benzene rings is 2. The van der Waals surface area contributed by atoms with E-state index in [-0.39, 0.29) is 5.56 Å². The lowest BCUT2D eigenvalue weighted by Crippen LogP contribution is -1.85. The summed E-state index contributed by atoms with van der Waals surface area (Å²) in [5.74, 6) is -4.08. The average molecular weight is 248 g/mol. The van der Waals surface area contributed by atoms with Crippen LogP contribution in [-0.2, 0) is 0 Å². The van der Waals surface area contributed by atoms with E-state index in [4.69, 9.17) is 0 Å². The number of rotatable bonds is 1. The Labute approximate surface area is 103 Å². The van der Waals surface area contributed by atoms with Crippen molar-refractivity contribution in [2.45, 2.75) is 6.92 Å². The monoisotopic (exact) mass is 248 g/mol. The molecule has 2 aromatic rings. The maximum atomic E-state index is 9.75. The van der Waals surface area contributed by atoms with Gasteiger partial charge in [0.15, 0.2) is 11.5 Å². The van der Waals surface area contributed by atoms with Crippen LogP contribution in [0.15, 0.2) is 24.3 Å². The number of aromatic hydroxyl groups is 5. The van der Waals surface area contributed by atoms with E-state index in [0.29, 0.717) is 5.56 Å². The lowest BCUT2D eigenvalue weighted by Gasteiger charge is -2.12. The molecule has 0 aliphatic heterocycles. The van der Waals surface area contributed by atoms with Gasteiger partial charge in [-0.2, -0.15) is 0 Å². The minimum atomic E-state index is -0.957. The Morgan fingerprint density at radius 2 is 1.22 bits per heavy atom. The molecule has 0 saturated heterocycles. The third-order valence-electron chi connectivity index (χ3n) is 2.68. The molecule has 5 nitrogen and oxygen atoms in total. The van der Waals surface area contributed by atoms with Gasteiger partial charge in [-0.3, -0.25) is 0 Å². The fourth-order valence-corrected chi connectivity index (χ4v) is 1.76. The third-order valence-corrected chi connectivity index (χ3v) is 2.68. The van der Waals surface area contributed by atoms with Gasteiger partial charge in [0.1, 0.15) is 0 Å².